The fraction of sp³-hybridized carbons (Fsp3) is 0.562. The molecule has 0 spiro atoms. The minimum Gasteiger partial charge on any atom is -0.444 e. The Morgan fingerprint density at radius 3 is 2.23 bits per heavy atom. The van der Waals surface area contributed by atoms with Crippen LogP contribution >= 0.6 is 23.2 Å². The fourth-order valence-corrected chi connectivity index (χ4v) is 2.93. The molecule has 1 fully saturated rings. The van der Waals surface area contributed by atoms with E-state index in [1.807, 2.05) is 32.9 Å². The largest absolute Gasteiger partial charge is 0.444 e. The Kier molecular flexibility index (Phi) is 5.45. The first kappa shape index (κ1) is 17.2. The highest BCUT2D eigenvalue weighted by atomic mass is 35.5. The van der Waals surface area contributed by atoms with Crippen LogP contribution < -0.4 is 5.32 Å². The molecule has 22 heavy (non-hydrogen) atoms. The summed E-state index contributed by atoms with van der Waals surface area (Å²) in [6.07, 6.45) is 1.49. The zero-order valence-electron chi connectivity index (χ0n) is 13.2. The van der Waals surface area contributed by atoms with Crippen LogP contribution in [0.2, 0.25) is 10.0 Å². The van der Waals surface area contributed by atoms with Gasteiger partial charge in [0.2, 0.25) is 0 Å². The molecule has 1 N–H and O–H groups in total. The number of likely N-dealkylation sites (tertiary alicyclic amines) is 1. The topological polar surface area (TPSA) is 41.6 Å². The van der Waals surface area contributed by atoms with Gasteiger partial charge in [0.15, 0.2) is 0 Å². The van der Waals surface area contributed by atoms with Crippen LogP contribution in [0.5, 0.6) is 0 Å². The van der Waals surface area contributed by atoms with Crippen molar-refractivity contribution in [3.63, 3.8) is 0 Å². The summed E-state index contributed by atoms with van der Waals surface area (Å²) in [6.45, 7) is 6.99. The van der Waals surface area contributed by atoms with Gasteiger partial charge < -0.3 is 15.0 Å². The van der Waals surface area contributed by atoms with E-state index < -0.39 is 5.60 Å². The van der Waals surface area contributed by atoms with Gasteiger partial charge in [-0.2, -0.15) is 0 Å². The van der Waals surface area contributed by atoms with E-state index >= 15 is 0 Å². The predicted molar refractivity (Wildman–Crippen MR) is 90.9 cm³/mol. The lowest BCUT2D eigenvalue weighted by atomic mass is 10.0. The normalized spacial score (nSPS) is 16.5. The Balaban J connectivity index is 1.86. The van der Waals surface area contributed by atoms with Crippen molar-refractivity contribution in [1.29, 1.82) is 0 Å². The molecule has 122 valence electrons. The van der Waals surface area contributed by atoms with Crippen LogP contribution in [0, 0.1) is 0 Å². The summed E-state index contributed by atoms with van der Waals surface area (Å²) in [5, 5.41) is 4.65. The van der Waals surface area contributed by atoms with Gasteiger partial charge in [0.05, 0.1) is 0 Å². The van der Waals surface area contributed by atoms with Crippen molar-refractivity contribution < 1.29 is 9.53 Å². The quantitative estimate of drug-likeness (QED) is 0.837. The number of nitrogens with one attached hydrogen (secondary N) is 1. The molecule has 1 aromatic carbocycles. The standard InChI is InChI=1S/C16H22Cl2N2O2/c1-16(2,3)22-15(21)20-6-4-13(5-7-20)19-14-9-11(17)8-12(18)10-14/h8-10,13,19H,4-7H2,1-3H3. The van der Waals surface area contributed by atoms with Crippen LogP contribution in [0.25, 0.3) is 0 Å². The first-order chi connectivity index (χ1) is 10.2. The molecule has 1 aliphatic heterocycles. The number of carbonyl (C=O) groups excluding carboxylic acids is 1. The van der Waals surface area contributed by atoms with Gasteiger partial charge in [-0.05, 0) is 51.8 Å². The summed E-state index contributed by atoms with van der Waals surface area (Å²) >= 11 is 12.0. The molecule has 4 nitrogen and oxygen atoms in total. The molecular weight excluding hydrogens is 323 g/mol. The lowest BCUT2D eigenvalue weighted by molar-refractivity contribution is 0.0210. The number of nitrogens with zero attached hydrogens (tertiary/aromatic N) is 1. The van der Waals surface area contributed by atoms with Gasteiger partial charge in [-0.3, -0.25) is 0 Å². The Morgan fingerprint density at radius 1 is 1.18 bits per heavy atom. The third kappa shape index (κ3) is 5.25. The van der Waals surface area contributed by atoms with Crippen LogP contribution in [-0.2, 0) is 4.74 Å². The van der Waals surface area contributed by atoms with E-state index in [4.69, 9.17) is 27.9 Å². The molecule has 0 atom stereocenters. The number of carbonyl (C=O) groups is 1. The van der Waals surface area contributed by atoms with E-state index in [9.17, 15) is 4.79 Å². The van der Waals surface area contributed by atoms with E-state index in [0.717, 1.165) is 18.5 Å². The molecule has 0 radical (unpaired) electrons. The summed E-state index contributed by atoms with van der Waals surface area (Å²) in [6, 6.07) is 5.72. The molecule has 0 bridgehead atoms. The molecule has 1 aliphatic rings. The monoisotopic (exact) mass is 344 g/mol. The zero-order chi connectivity index (χ0) is 16.3. The van der Waals surface area contributed by atoms with E-state index in [0.29, 0.717) is 29.2 Å². The van der Waals surface area contributed by atoms with Crippen LogP contribution in [0.1, 0.15) is 33.6 Å². The van der Waals surface area contributed by atoms with Crippen molar-refractivity contribution in [2.75, 3.05) is 18.4 Å². The summed E-state index contributed by atoms with van der Waals surface area (Å²) in [5.74, 6) is 0. The molecule has 0 saturated carbocycles. The highest BCUT2D eigenvalue weighted by molar-refractivity contribution is 6.35. The van der Waals surface area contributed by atoms with Crippen molar-refractivity contribution in [2.45, 2.75) is 45.3 Å². The van der Waals surface area contributed by atoms with Crippen molar-refractivity contribution in [3.05, 3.63) is 28.2 Å². The average Bonchev–Trinajstić information content (AvgIpc) is 2.36. The summed E-state index contributed by atoms with van der Waals surface area (Å²) in [7, 11) is 0. The smallest absolute Gasteiger partial charge is 0.410 e. The Bertz CT molecular complexity index is 515. The highest BCUT2D eigenvalue weighted by Crippen LogP contribution is 2.25. The van der Waals surface area contributed by atoms with Gasteiger partial charge >= 0.3 is 6.09 Å². The summed E-state index contributed by atoms with van der Waals surface area (Å²) < 4.78 is 5.39. The number of ether oxygens (including phenoxy) is 1. The first-order valence-corrected chi connectivity index (χ1v) is 8.19. The van der Waals surface area contributed by atoms with Crippen LogP contribution in [0.4, 0.5) is 10.5 Å². The predicted octanol–water partition coefficient (Wildman–Crippen LogP) is 4.80. The second kappa shape index (κ2) is 6.97. The third-order valence-corrected chi connectivity index (χ3v) is 3.82. The van der Waals surface area contributed by atoms with Crippen LogP contribution in [0.3, 0.4) is 0 Å². The van der Waals surface area contributed by atoms with Crippen molar-refractivity contribution in [1.82, 2.24) is 4.90 Å². The Hall–Kier alpha value is -1.13. The molecule has 2 rings (SSSR count). The van der Waals surface area contributed by atoms with E-state index in [-0.39, 0.29) is 6.09 Å². The number of hydrogen-bond donors (Lipinski definition) is 1. The maximum atomic E-state index is 12.0. The van der Waals surface area contributed by atoms with E-state index in [2.05, 4.69) is 5.32 Å². The lowest BCUT2D eigenvalue weighted by Crippen LogP contribution is -2.44. The molecule has 1 saturated heterocycles. The third-order valence-electron chi connectivity index (χ3n) is 3.38. The van der Waals surface area contributed by atoms with Gasteiger partial charge in [-0.15, -0.1) is 0 Å². The van der Waals surface area contributed by atoms with Crippen molar-refractivity contribution in [3.8, 4) is 0 Å². The van der Waals surface area contributed by atoms with Crippen LogP contribution in [0.15, 0.2) is 18.2 Å². The molecule has 1 heterocycles. The second-order valence-corrected chi connectivity index (χ2v) is 7.42. The first-order valence-electron chi connectivity index (χ1n) is 7.43. The molecule has 0 aliphatic carbocycles. The van der Waals surface area contributed by atoms with Gasteiger partial charge in [0.25, 0.3) is 0 Å². The molecule has 1 aromatic rings. The molecule has 1 amide bonds. The number of hydrogen-bond acceptors (Lipinski definition) is 3. The van der Waals surface area contributed by atoms with Gasteiger partial charge in [-0.1, -0.05) is 23.2 Å². The Morgan fingerprint density at radius 2 is 1.73 bits per heavy atom. The Labute approximate surface area is 141 Å². The van der Waals surface area contributed by atoms with Gasteiger partial charge in [-0.25, -0.2) is 4.79 Å². The maximum absolute atomic E-state index is 12.0. The number of rotatable bonds is 2. The molecule has 0 unspecified atom stereocenters. The number of halogens is 2. The zero-order valence-corrected chi connectivity index (χ0v) is 14.7. The van der Waals surface area contributed by atoms with Gasteiger partial charge in [0.1, 0.15) is 5.60 Å². The minimum atomic E-state index is -0.455. The number of benzene rings is 1. The summed E-state index contributed by atoms with van der Waals surface area (Å²) in [5.41, 5.74) is 0.456. The van der Waals surface area contributed by atoms with E-state index in [1.165, 1.54) is 0 Å². The minimum absolute atomic E-state index is 0.239. The molecule has 6 heteroatoms. The number of amides is 1. The van der Waals surface area contributed by atoms with Gasteiger partial charge in [0, 0.05) is 34.9 Å². The van der Waals surface area contributed by atoms with Crippen molar-refractivity contribution >= 4 is 35.0 Å². The molecular formula is C16H22Cl2N2O2. The second-order valence-electron chi connectivity index (χ2n) is 6.54. The summed E-state index contributed by atoms with van der Waals surface area (Å²) in [4.78, 5) is 13.8. The average molecular weight is 345 g/mol. The van der Waals surface area contributed by atoms with Crippen molar-refractivity contribution in [2.24, 2.45) is 0 Å². The maximum Gasteiger partial charge on any atom is 0.410 e. The van der Waals surface area contributed by atoms with Crippen LogP contribution in [-0.4, -0.2) is 35.7 Å². The molecule has 0 aromatic heterocycles. The number of piperidine rings is 1. The lowest BCUT2D eigenvalue weighted by Gasteiger charge is -2.34. The SMILES string of the molecule is CC(C)(C)OC(=O)N1CCC(Nc2cc(Cl)cc(Cl)c2)CC1. The fourth-order valence-electron chi connectivity index (χ4n) is 2.41. The number of anilines is 1. The highest BCUT2D eigenvalue weighted by Gasteiger charge is 2.26. The van der Waals surface area contributed by atoms with E-state index in [1.54, 1.807) is 11.0 Å².